The van der Waals surface area contributed by atoms with Crippen LogP contribution in [0.2, 0.25) is 0 Å². The van der Waals surface area contributed by atoms with Crippen molar-refractivity contribution in [3.05, 3.63) is 0 Å². The number of ether oxygens (including phenoxy) is 1. The Morgan fingerprint density at radius 3 is 2.75 bits per heavy atom. The lowest BCUT2D eigenvalue weighted by Gasteiger charge is -2.33. The Labute approximate surface area is 126 Å². The third-order valence-corrected chi connectivity index (χ3v) is 6.02. The summed E-state index contributed by atoms with van der Waals surface area (Å²) < 4.78 is 5.39. The monoisotopic (exact) mass is 297 g/mol. The summed E-state index contributed by atoms with van der Waals surface area (Å²) in [4.78, 5) is 7.30. The molecule has 20 heavy (non-hydrogen) atoms. The number of nitrogens with one attached hydrogen (secondary N) is 1. The summed E-state index contributed by atoms with van der Waals surface area (Å²) in [6.45, 7) is 8.29. The molecule has 3 rings (SSSR count). The zero-order valence-corrected chi connectivity index (χ0v) is 13.4. The Balaban J connectivity index is 1.44. The van der Waals surface area contributed by atoms with Gasteiger partial charge in [-0.15, -0.1) is 0 Å². The molecule has 0 aromatic heterocycles. The fourth-order valence-electron chi connectivity index (χ4n) is 3.49. The normalized spacial score (nSPS) is 28.4. The van der Waals surface area contributed by atoms with E-state index in [1.54, 1.807) is 0 Å². The van der Waals surface area contributed by atoms with Crippen LogP contribution in [0.25, 0.3) is 0 Å². The number of hydrogen-bond donors (Lipinski definition) is 1. The fraction of sp³-hybridized carbons (Fsp3) is 0.933. The van der Waals surface area contributed by atoms with E-state index in [2.05, 4.69) is 17.1 Å². The van der Waals surface area contributed by atoms with E-state index in [0.717, 1.165) is 39.4 Å². The molecule has 114 valence electrons. The van der Waals surface area contributed by atoms with Crippen molar-refractivity contribution in [2.75, 3.05) is 45.1 Å². The first kappa shape index (κ1) is 14.7. The average molecular weight is 297 g/mol. The van der Waals surface area contributed by atoms with Gasteiger partial charge in [0.25, 0.3) is 0 Å². The minimum Gasteiger partial charge on any atom is -0.379 e. The molecular formula is C15H27N3OS. The van der Waals surface area contributed by atoms with E-state index >= 15 is 0 Å². The molecule has 1 atom stereocenters. The minimum absolute atomic E-state index is 0.469. The number of aliphatic imine (C=N–C) groups is 1. The maximum Gasteiger partial charge on any atom is 0.156 e. The largest absolute Gasteiger partial charge is 0.379 e. The van der Waals surface area contributed by atoms with Crippen LogP contribution in [0.4, 0.5) is 0 Å². The minimum atomic E-state index is 0.469. The molecule has 3 aliphatic rings. The molecule has 2 aliphatic heterocycles. The zero-order valence-electron chi connectivity index (χ0n) is 12.6. The molecule has 0 aromatic carbocycles. The lowest BCUT2D eigenvalue weighted by atomic mass is 9.89. The van der Waals surface area contributed by atoms with Crippen LogP contribution in [0.3, 0.4) is 0 Å². The first-order chi connectivity index (χ1) is 9.76. The summed E-state index contributed by atoms with van der Waals surface area (Å²) in [7, 11) is 0. The van der Waals surface area contributed by atoms with Crippen LogP contribution in [0.15, 0.2) is 4.99 Å². The number of rotatable bonds is 3. The van der Waals surface area contributed by atoms with Crippen molar-refractivity contribution in [2.45, 2.75) is 38.6 Å². The van der Waals surface area contributed by atoms with Gasteiger partial charge in [0.1, 0.15) is 0 Å². The average Bonchev–Trinajstić information content (AvgIpc) is 2.91. The summed E-state index contributed by atoms with van der Waals surface area (Å²) in [6.07, 6.45) is 5.60. The van der Waals surface area contributed by atoms with E-state index in [4.69, 9.17) is 9.73 Å². The number of nitrogens with zero attached hydrogens (tertiary/aromatic N) is 2. The van der Waals surface area contributed by atoms with Gasteiger partial charge in [-0.1, -0.05) is 24.6 Å². The van der Waals surface area contributed by atoms with Crippen molar-refractivity contribution < 1.29 is 4.74 Å². The number of hydrogen-bond acceptors (Lipinski definition) is 5. The van der Waals surface area contributed by atoms with Gasteiger partial charge in [-0.25, -0.2) is 0 Å². The lowest BCUT2D eigenvalue weighted by Crippen LogP contribution is -2.46. The molecule has 1 saturated carbocycles. The summed E-state index contributed by atoms with van der Waals surface area (Å²) in [5, 5.41) is 4.77. The summed E-state index contributed by atoms with van der Waals surface area (Å²) >= 11 is 1.95. The highest BCUT2D eigenvalue weighted by Gasteiger charge is 2.36. The van der Waals surface area contributed by atoms with Gasteiger partial charge in [0.2, 0.25) is 0 Å². The van der Waals surface area contributed by atoms with Crippen molar-refractivity contribution in [3.8, 4) is 0 Å². The number of amidine groups is 1. The van der Waals surface area contributed by atoms with E-state index in [1.807, 2.05) is 11.8 Å². The van der Waals surface area contributed by atoms with E-state index in [1.165, 1.54) is 36.6 Å². The number of morpholine rings is 1. The van der Waals surface area contributed by atoms with Crippen molar-refractivity contribution in [3.63, 3.8) is 0 Å². The van der Waals surface area contributed by atoms with Crippen molar-refractivity contribution >= 4 is 16.9 Å². The molecule has 1 unspecified atom stereocenters. The second-order valence-electron chi connectivity index (χ2n) is 6.58. The lowest BCUT2D eigenvalue weighted by molar-refractivity contribution is 0.0353. The van der Waals surface area contributed by atoms with Crippen molar-refractivity contribution in [2.24, 2.45) is 10.4 Å². The van der Waals surface area contributed by atoms with Crippen LogP contribution in [0, 0.1) is 5.41 Å². The van der Waals surface area contributed by atoms with Crippen LogP contribution < -0.4 is 5.32 Å². The predicted octanol–water partition coefficient (Wildman–Crippen LogP) is 1.96. The highest BCUT2D eigenvalue weighted by Crippen LogP contribution is 2.43. The zero-order chi connectivity index (χ0) is 13.8. The highest BCUT2D eigenvalue weighted by molar-refractivity contribution is 8.13. The summed E-state index contributed by atoms with van der Waals surface area (Å²) in [5.41, 5.74) is 0.545. The van der Waals surface area contributed by atoms with E-state index in [9.17, 15) is 0 Å². The van der Waals surface area contributed by atoms with Gasteiger partial charge >= 0.3 is 0 Å². The molecule has 1 aliphatic carbocycles. The van der Waals surface area contributed by atoms with E-state index in [0.29, 0.717) is 11.5 Å². The molecule has 2 heterocycles. The topological polar surface area (TPSA) is 36.9 Å². The SMILES string of the molecule is CC(CN1CCOCC1)NC1=NCC2(CCCC2)CS1. The maximum absolute atomic E-state index is 5.39. The first-order valence-electron chi connectivity index (χ1n) is 8.00. The molecule has 5 heteroatoms. The van der Waals surface area contributed by atoms with E-state index < -0.39 is 0 Å². The molecule has 1 saturated heterocycles. The van der Waals surface area contributed by atoms with Crippen LogP contribution in [-0.4, -0.2) is 61.3 Å². The highest BCUT2D eigenvalue weighted by atomic mass is 32.2. The molecule has 1 spiro atoms. The molecule has 4 nitrogen and oxygen atoms in total. The van der Waals surface area contributed by atoms with Crippen molar-refractivity contribution in [1.82, 2.24) is 10.2 Å². The van der Waals surface area contributed by atoms with Crippen LogP contribution in [-0.2, 0) is 4.74 Å². The van der Waals surface area contributed by atoms with Crippen LogP contribution in [0.5, 0.6) is 0 Å². The smallest absolute Gasteiger partial charge is 0.156 e. The quantitative estimate of drug-likeness (QED) is 0.864. The number of thioether (sulfide) groups is 1. The Hall–Kier alpha value is -0.260. The molecule has 2 fully saturated rings. The Kier molecular flexibility index (Phi) is 4.89. The van der Waals surface area contributed by atoms with Gasteiger partial charge in [0, 0.05) is 38.0 Å². The van der Waals surface area contributed by atoms with Gasteiger partial charge < -0.3 is 10.1 Å². The third-order valence-electron chi connectivity index (χ3n) is 4.74. The predicted molar refractivity (Wildman–Crippen MR) is 85.5 cm³/mol. The molecule has 1 N–H and O–H groups in total. The molecule has 0 radical (unpaired) electrons. The molecular weight excluding hydrogens is 270 g/mol. The van der Waals surface area contributed by atoms with Gasteiger partial charge in [0.15, 0.2) is 5.17 Å². The molecule has 0 bridgehead atoms. The van der Waals surface area contributed by atoms with Crippen molar-refractivity contribution in [1.29, 1.82) is 0 Å². The summed E-state index contributed by atoms with van der Waals surface area (Å²) in [6, 6.07) is 0.469. The first-order valence-corrected chi connectivity index (χ1v) is 8.98. The third kappa shape index (κ3) is 3.68. The molecule has 0 amide bonds. The molecule has 0 aromatic rings. The van der Waals surface area contributed by atoms with E-state index in [-0.39, 0.29) is 0 Å². The Morgan fingerprint density at radius 1 is 1.35 bits per heavy atom. The van der Waals surface area contributed by atoms with Gasteiger partial charge in [-0.05, 0) is 25.2 Å². The standard InChI is InChI=1S/C15H27N3OS/c1-13(10-18-6-8-19-9-7-18)17-14-16-11-15(12-20-14)4-2-3-5-15/h13H,2-12H2,1H3,(H,16,17). The van der Waals surface area contributed by atoms with Crippen LogP contribution >= 0.6 is 11.8 Å². The maximum atomic E-state index is 5.39. The van der Waals surface area contributed by atoms with Gasteiger partial charge in [0.05, 0.1) is 13.2 Å². The summed E-state index contributed by atoms with van der Waals surface area (Å²) in [5.74, 6) is 1.27. The van der Waals surface area contributed by atoms with Gasteiger partial charge in [-0.2, -0.15) is 0 Å². The van der Waals surface area contributed by atoms with Gasteiger partial charge in [-0.3, -0.25) is 9.89 Å². The fourth-order valence-corrected chi connectivity index (χ4v) is 4.76. The Bertz CT molecular complexity index is 349. The second kappa shape index (κ2) is 6.67. The van der Waals surface area contributed by atoms with Crippen LogP contribution in [0.1, 0.15) is 32.6 Å². The second-order valence-corrected chi connectivity index (χ2v) is 7.54. The Morgan fingerprint density at radius 2 is 2.10 bits per heavy atom.